The van der Waals surface area contributed by atoms with Crippen molar-refractivity contribution in [3.05, 3.63) is 24.0 Å². The van der Waals surface area contributed by atoms with Gasteiger partial charge in [0.05, 0.1) is 12.3 Å². The smallest absolute Gasteiger partial charge is 0.0853 e. The van der Waals surface area contributed by atoms with E-state index in [4.69, 9.17) is 5.11 Å². The van der Waals surface area contributed by atoms with Gasteiger partial charge in [0, 0.05) is 25.0 Å². The molecular weight excluding hydrogens is 200 g/mol. The van der Waals surface area contributed by atoms with E-state index in [2.05, 4.69) is 16.8 Å². The Bertz CT molecular complexity index is 336. The van der Waals surface area contributed by atoms with Gasteiger partial charge in [0.1, 0.15) is 0 Å². The number of rotatable bonds is 6. The van der Waals surface area contributed by atoms with Crippen LogP contribution in [0.2, 0.25) is 0 Å². The number of aliphatic hydroxyl groups is 1. The minimum atomic E-state index is 0.0250. The van der Waals surface area contributed by atoms with Crippen LogP contribution in [0.3, 0.4) is 0 Å². The number of aromatic nitrogens is 1. The molecule has 0 spiro atoms. The molecule has 88 valence electrons. The van der Waals surface area contributed by atoms with Crippen molar-refractivity contribution in [2.24, 2.45) is 5.92 Å². The van der Waals surface area contributed by atoms with E-state index >= 15 is 0 Å². The van der Waals surface area contributed by atoms with E-state index in [1.165, 1.54) is 18.5 Å². The first-order valence-corrected chi connectivity index (χ1v) is 6.14. The predicted octanol–water partition coefficient (Wildman–Crippen LogP) is 2.20. The minimum absolute atomic E-state index is 0.0250. The first kappa shape index (κ1) is 11.4. The Morgan fingerprint density at radius 2 is 2.31 bits per heavy atom. The zero-order valence-electron chi connectivity index (χ0n) is 9.89. The van der Waals surface area contributed by atoms with Crippen molar-refractivity contribution >= 4 is 5.69 Å². The van der Waals surface area contributed by atoms with E-state index in [9.17, 15) is 0 Å². The fraction of sp³-hybridized carbons (Fsp3) is 0.615. The molecule has 1 heterocycles. The zero-order chi connectivity index (χ0) is 11.4. The standard InChI is InChI=1S/C13H20N2O/c1-2-7-15(9-11-3-4-11)13-5-6-14-12(8-13)10-16/h5-6,8,11,16H,2-4,7,9-10H2,1H3. The monoisotopic (exact) mass is 220 g/mol. The summed E-state index contributed by atoms with van der Waals surface area (Å²) in [6.07, 6.45) is 5.69. The van der Waals surface area contributed by atoms with Crippen LogP contribution >= 0.6 is 0 Å². The summed E-state index contributed by atoms with van der Waals surface area (Å²) in [4.78, 5) is 6.53. The van der Waals surface area contributed by atoms with Crippen molar-refractivity contribution in [3.63, 3.8) is 0 Å². The van der Waals surface area contributed by atoms with Gasteiger partial charge < -0.3 is 10.0 Å². The van der Waals surface area contributed by atoms with Crippen molar-refractivity contribution in [1.29, 1.82) is 0 Å². The summed E-state index contributed by atoms with van der Waals surface area (Å²) in [7, 11) is 0. The summed E-state index contributed by atoms with van der Waals surface area (Å²) in [5.41, 5.74) is 1.96. The quantitative estimate of drug-likeness (QED) is 0.798. The second kappa shape index (κ2) is 5.30. The molecular formula is C13H20N2O. The lowest BCUT2D eigenvalue weighted by Gasteiger charge is -2.24. The zero-order valence-corrected chi connectivity index (χ0v) is 9.89. The molecule has 2 rings (SSSR count). The van der Waals surface area contributed by atoms with Gasteiger partial charge in [-0.1, -0.05) is 6.92 Å². The van der Waals surface area contributed by atoms with E-state index in [0.717, 1.165) is 31.1 Å². The topological polar surface area (TPSA) is 36.4 Å². The molecule has 1 aliphatic carbocycles. The molecule has 1 N–H and O–H groups in total. The lowest BCUT2D eigenvalue weighted by Crippen LogP contribution is -2.26. The second-order valence-corrected chi connectivity index (χ2v) is 4.55. The highest BCUT2D eigenvalue weighted by Gasteiger charge is 2.24. The van der Waals surface area contributed by atoms with Crippen molar-refractivity contribution in [1.82, 2.24) is 4.98 Å². The molecule has 0 bridgehead atoms. The number of hydrogen-bond acceptors (Lipinski definition) is 3. The summed E-state index contributed by atoms with van der Waals surface area (Å²) in [5.74, 6) is 0.886. The largest absolute Gasteiger partial charge is 0.390 e. The van der Waals surface area contributed by atoms with Gasteiger partial charge in [-0.15, -0.1) is 0 Å². The van der Waals surface area contributed by atoms with Crippen LogP contribution in [0.25, 0.3) is 0 Å². The van der Waals surface area contributed by atoms with Crippen LogP contribution in [0.1, 0.15) is 31.9 Å². The molecule has 16 heavy (non-hydrogen) atoms. The van der Waals surface area contributed by atoms with Crippen molar-refractivity contribution in [2.75, 3.05) is 18.0 Å². The number of aliphatic hydroxyl groups excluding tert-OH is 1. The maximum Gasteiger partial charge on any atom is 0.0853 e. The van der Waals surface area contributed by atoms with Gasteiger partial charge in [-0.05, 0) is 37.3 Å². The number of nitrogens with zero attached hydrogens (tertiary/aromatic N) is 2. The molecule has 3 heteroatoms. The van der Waals surface area contributed by atoms with Crippen LogP contribution in [-0.2, 0) is 6.61 Å². The first-order valence-electron chi connectivity index (χ1n) is 6.14. The Morgan fingerprint density at radius 1 is 1.50 bits per heavy atom. The van der Waals surface area contributed by atoms with Crippen molar-refractivity contribution in [3.8, 4) is 0 Å². The lowest BCUT2D eigenvalue weighted by atomic mass is 10.2. The number of pyridine rings is 1. The van der Waals surface area contributed by atoms with E-state index in [0.29, 0.717) is 0 Å². The van der Waals surface area contributed by atoms with Crippen LogP contribution in [0.4, 0.5) is 5.69 Å². The van der Waals surface area contributed by atoms with Crippen LogP contribution in [0.15, 0.2) is 18.3 Å². The number of hydrogen-bond donors (Lipinski definition) is 1. The average Bonchev–Trinajstić information content (AvgIpc) is 3.12. The van der Waals surface area contributed by atoms with E-state index in [1.54, 1.807) is 6.20 Å². The van der Waals surface area contributed by atoms with E-state index in [-0.39, 0.29) is 6.61 Å². The van der Waals surface area contributed by atoms with Gasteiger partial charge in [-0.2, -0.15) is 0 Å². The van der Waals surface area contributed by atoms with Crippen LogP contribution < -0.4 is 4.90 Å². The first-order chi connectivity index (χ1) is 7.83. The van der Waals surface area contributed by atoms with E-state index < -0.39 is 0 Å². The summed E-state index contributed by atoms with van der Waals surface area (Å²) < 4.78 is 0. The summed E-state index contributed by atoms with van der Waals surface area (Å²) >= 11 is 0. The van der Waals surface area contributed by atoms with E-state index in [1.807, 2.05) is 12.1 Å². The van der Waals surface area contributed by atoms with Gasteiger partial charge in [-0.3, -0.25) is 4.98 Å². The van der Waals surface area contributed by atoms with Gasteiger partial charge in [-0.25, -0.2) is 0 Å². The van der Waals surface area contributed by atoms with Crippen molar-refractivity contribution < 1.29 is 5.11 Å². The Kier molecular flexibility index (Phi) is 3.78. The van der Waals surface area contributed by atoms with Gasteiger partial charge in [0.2, 0.25) is 0 Å². The molecule has 0 radical (unpaired) electrons. The molecule has 1 fully saturated rings. The van der Waals surface area contributed by atoms with Crippen LogP contribution in [0.5, 0.6) is 0 Å². The third-order valence-corrected chi connectivity index (χ3v) is 3.00. The Hall–Kier alpha value is -1.09. The molecule has 0 aliphatic heterocycles. The SMILES string of the molecule is CCCN(CC1CC1)c1ccnc(CO)c1. The molecule has 1 aliphatic rings. The molecule has 0 unspecified atom stereocenters. The summed E-state index contributed by atoms with van der Waals surface area (Å²) in [6, 6.07) is 4.04. The predicted molar refractivity (Wildman–Crippen MR) is 65.4 cm³/mol. The Morgan fingerprint density at radius 3 is 2.94 bits per heavy atom. The molecule has 0 atom stereocenters. The normalized spacial score (nSPS) is 15.1. The summed E-state index contributed by atoms with van der Waals surface area (Å²) in [6.45, 7) is 4.47. The fourth-order valence-electron chi connectivity index (χ4n) is 1.96. The Labute approximate surface area is 97.1 Å². The summed E-state index contributed by atoms with van der Waals surface area (Å²) in [5, 5.41) is 9.09. The van der Waals surface area contributed by atoms with Gasteiger partial charge in [0.15, 0.2) is 0 Å². The molecule has 0 amide bonds. The van der Waals surface area contributed by atoms with Crippen LogP contribution in [-0.4, -0.2) is 23.2 Å². The molecule has 3 nitrogen and oxygen atoms in total. The number of anilines is 1. The highest BCUT2D eigenvalue weighted by molar-refractivity contribution is 5.46. The fourth-order valence-corrected chi connectivity index (χ4v) is 1.96. The molecule has 0 aromatic carbocycles. The van der Waals surface area contributed by atoms with Crippen LogP contribution in [0, 0.1) is 5.92 Å². The van der Waals surface area contributed by atoms with Gasteiger partial charge >= 0.3 is 0 Å². The third kappa shape index (κ3) is 2.95. The molecule has 1 aromatic heterocycles. The van der Waals surface area contributed by atoms with Crippen molar-refractivity contribution in [2.45, 2.75) is 32.8 Å². The van der Waals surface area contributed by atoms with Gasteiger partial charge in [0.25, 0.3) is 0 Å². The lowest BCUT2D eigenvalue weighted by molar-refractivity contribution is 0.277. The third-order valence-electron chi connectivity index (χ3n) is 3.00. The second-order valence-electron chi connectivity index (χ2n) is 4.55. The highest BCUT2D eigenvalue weighted by Crippen LogP contribution is 2.31. The molecule has 1 aromatic rings. The molecule has 0 saturated heterocycles. The average molecular weight is 220 g/mol. The minimum Gasteiger partial charge on any atom is -0.390 e. The Balaban J connectivity index is 2.08. The highest BCUT2D eigenvalue weighted by atomic mass is 16.3. The molecule has 1 saturated carbocycles. The maximum atomic E-state index is 9.09. The maximum absolute atomic E-state index is 9.09.